The Hall–Kier alpha value is -1.15. The number of carbonyl (C=O) groups is 1. The SMILES string of the molecule is CCOCc1ccc2c(c1)CCC2=O. The number of hydrogen-bond acceptors (Lipinski definition) is 2. The number of aryl methyl sites for hydroxylation is 1. The summed E-state index contributed by atoms with van der Waals surface area (Å²) in [5, 5.41) is 0. The largest absolute Gasteiger partial charge is 0.377 e. The van der Waals surface area contributed by atoms with E-state index in [-0.39, 0.29) is 5.78 Å². The van der Waals surface area contributed by atoms with Gasteiger partial charge in [-0.05, 0) is 24.5 Å². The van der Waals surface area contributed by atoms with Crippen molar-refractivity contribution in [1.82, 2.24) is 0 Å². The number of benzene rings is 1. The molecule has 0 bridgehead atoms. The number of carbonyl (C=O) groups excluding carboxylic acids is 1. The molecule has 74 valence electrons. The molecule has 0 saturated heterocycles. The van der Waals surface area contributed by atoms with Crippen molar-refractivity contribution < 1.29 is 9.53 Å². The molecular formula is C12H14O2. The maximum absolute atomic E-state index is 11.4. The van der Waals surface area contributed by atoms with Gasteiger partial charge in [-0.3, -0.25) is 4.79 Å². The van der Waals surface area contributed by atoms with Crippen molar-refractivity contribution in [3.8, 4) is 0 Å². The second-order valence-corrected chi connectivity index (χ2v) is 3.55. The molecular weight excluding hydrogens is 176 g/mol. The molecule has 0 unspecified atom stereocenters. The van der Waals surface area contributed by atoms with Gasteiger partial charge in [0.05, 0.1) is 6.61 Å². The zero-order valence-corrected chi connectivity index (χ0v) is 8.38. The van der Waals surface area contributed by atoms with Crippen molar-refractivity contribution in [1.29, 1.82) is 0 Å². The van der Waals surface area contributed by atoms with Gasteiger partial charge < -0.3 is 4.74 Å². The summed E-state index contributed by atoms with van der Waals surface area (Å²) < 4.78 is 5.32. The predicted octanol–water partition coefficient (Wildman–Crippen LogP) is 2.35. The predicted molar refractivity (Wildman–Crippen MR) is 54.4 cm³/mol. The van der Waals surface area contributed by atoms with E-state index >= 15 is 0 Å². The van der Waals surface area contributed by atoms with E-state index in [1.165, 1.54) is 11.1 Å². The number of ether oxygens (including phenoxy) is 1. The monoisotopic (exact) mass is 190 g/mol. The van der Waals surface area contributed by atoms with Gasteiger partial charge in [0, 0.05) is 18.6 Å². The molecule has 1 aliphatic carbocycles. The zero-order valence-electron chi connectivity index (χ0n) is 8.38. The molecule has 0 fully saturated rings. The first-order valence-corrected chi connectivity index (χ1v) is 5.04. The molecule has 0 spiro atoms. The van der Waals surface area contributed by atoms with Crippen molar-refractivity contribution in [2.75, 3.05) is 6.61 Å². The van der Waals surface area contributed by atoms with Crippen molar-refractivity contribution >= 4 is 5.78 Å². The highest BCUT2D eigenvalue weighted by Gasteiger charge is 2.18. The third kappa shape index (κ3) is 1.70. The molecule has 0 heterocycles. The molecule has 14 heavy (non-hydrogen) atoms. The van der Waals surface area contributed by atoms with Gasteiger partial charge in [0.25, 0.3) is 0 Å². The maximum atomic E-state index is 11.4. The summed E-state index contributed by atoms with van der Waals surface area (Å²) in [5.41, 5.74) is 3.26. The van der Waals surface area contributed by atoms with Crippen molar-refractivity contribution in [3.05, 3.63) is 34.9 Å². The van der Waals surface area contributed by atoms with Crippen LogP contribution < -0.4 is 0 Å². The van der Waals surface area contributed by atoms with E-state index in [2.05, 4.69) is 6.07 Å². The van der Waals surface area contributed by atoms with Crippen LogP contribution in [0.5, 0.6) is 0 Å². The van der Waals surface area contributed by atoms with Crippen LogP contribution in [0.15, 0.2) is 18.2 Å². The van der Waals surface area contributed by atoms with Crippen molar-refractivity contribution in [2.24, 2.45) is 0 Å². The maximum Gasteiger partial charge on any atom is 0.163 e. The molecule has 0 amide bonds. The lowest BCUT2D eigenvalue weighted by atomic mass is 10.1. The summed E-state index contributed by atoms with van der Waals surface area (Å²) in [5.74, 6) is 0.281. The quantitative estimate of drug-likeness (QED) is 0.731. The highest BCUT2D eigenvalue weighted by atomic mass is 16.5. The summed E-state index contributed by atoms with van der Waals surface area (Å²) in [7, 11) is 0. The second-order valence-electron chi connectivity index (χ2n) is 3.55. The van der Waals surface area contributed by atoms with Gasteiger partial charge in [-0.15, -0.1) is 0 Å². The first-order valence-electron chi connectivity index (χ1n) is 5.04. The topological polar surface area (TPSA) is 26.3 Å². The first-order chi connectivity index (χ1) is 6.81. The van der Waals surface area contributed by atoms with E-state index in [9.17, 15) is 4.79 Å². The highest BCUT2D eigenvalue weighted by Crippen LogP contribution is 2.23. The molecule has 1 aromatic rings. The summed E-state index contributed by atoms with van der Waals surface area (Å²) in [6, 6.07) is 6.01. The molecule has 0 saturated carbocycles. The highest BCUT2D eigenvalue weighted by molar-refractivity contribution is 6.00. The molecule has 1 aromatic carbocycles. The molecule has 2 nitrogen and oxygen atoms in total. The van der Waals surface area contributed by atoms with Crippen LogP contribution in [0, 0.1) is 0 Å². The van der Waals surface area contributed by atoms with Gasteiger partial charge in [-0.25, -0.2) is 0 Å². The van der Waals surface area contributed by atoms with Crippen LogP contribution in [-0.4, -0.2) is 12.4 Å². The fourth-order valence-corrected chi connectivity index (χ4v) is 1.82. The lowest BCUT2D eigenvalue weighted by Crippen LogP contribution is -1.95. The van der Waals surface area contributed by atoms with Gasteiger partial charge in [-0.2, -0.15) is 0 Å². The van der Waals surface area contributed by atoms with Crippen LogP contribution >= 0.6 is 0 Å². The van der Waals surface area contributed by atoms with Gasteiger partial charge in [0.15, 0.2) is 5.78 Å². The molecule has 2 rings (SSSR count). The van der Waals surface area contributed by atoms with Gasteiger partial charge in [-0.1, -0.05) is 18.2 Å². The lowest BCUT2D eigenvalue weighted by Gasteiger charge is -2.03. The Bertz CT molecular complexity index is 355. The van der Waals surface area contributed by atoms with Gasteiger partial charge >= 0.3 is 0 Å². The standard InChI is InChI=1S/C12H14O2/c1-2-14-8-9-3-5-11-10(7-9)4-6-12(11)13/h3,5,7H,2,4,6,8H2,1H3. The minimum absolute atomic E-state index is 0.281. The average Bonchev–Trinajstić information content (AvgIpc) is 2.57. The second kappa shape index (κ2) is 3.93. The molecule has 0 N–H and O–H groups in total. The number of hydrogen-bond donors (Lipinski definition) is 0. The normalized spacial score (nSPS) is 14.5. The van der Waals surface area contributed by atoms with E-state index in [1.807, 2.05) is 19.1 Å². The number of Topliss-reactive ketones (excluding diaryl/α,β-unsaturated/α-hetero) is 1. The molecule has 2 heteroatoms. The lowest BCUT2D eigenvalue weighted by molar-refractivity contribution is 0.0994. The minimum Gasteiger partial charge on any atom is -0.377 e. The Morgan fingerprint density at radius 1 is 1.36 bits per heavy atom. The summed E-state index contributed by atoms with van der Waals surface area (Å²) in [6.45, 7) is 3.37. The first kappa shape index (κ1) is 9.41. The Balaban J connectivity index is 2.19. The third-order valence-electron chi connectivity index (χ3n) is 2.56. The summed E-state index contributed by atoms with van der Waals surface area (Å²) >= 11 is 0. The van der Waals surface area contributed by atoms with E-state index in [0.717, 1.165) is 18.6 Å². The molecule has 0 atom stereocenters. The fraction of sp³-hybridized carbons (Fsp3) is 0.417. The third-order valence-corrected chi connectivity index (χ3v) is 2.56. The number of rotatable bonds is 3. The minimum atomic E-state index is 0.281. The molecule has 0 aliphatic heterocycles. The van der Waals surface area contributed by atoms with Crippen LogP contribution in [0.3, 0.4) is 0 Å². The summed E-state index contributed by atoms with van der Waals surface area (Å²) in [4.78, 5) is 11.4. The van der Waals surface area contributed by atoms with Crippen molar-refractivity contribution in [2.45, 2.75) is 26.4 Å². The van der Waals surface area contributed by atoms with Crippen LogP contribution in [0.4, 0.5) is 0 Å². The number of ketones is 1. The van der Waals surface area contributed by atoms with Crippen LogP contribution in [0.1, 0.15) is 34.8 Å². The van der Waals surface area contributed by atoms with E-state index in [0.29, 0.717) is 13.0 Å². The zero-order chi connectivity index (χ0) is 9.97. The van der Waals surface area contributed by atoms with Gasteiger partial charge in [0.2, 0.25) is 0 Å². The van der Waals surface area contributed by atoms with E-state index in [4.69, 9.17) is 4.74 Å². The van der Waals surface area contributed by atoms with Crippen LogP contribution in [0.25, 0.3) is 0 Å². The summed E-state index contributed by atoms with van der Waals surface area (Å²) in [6.07, 6.45) is 1.57. The Kier molecular flexibility index (Phi) is 2.64. The van der Waals surface area contributed by atoms with Gasteiger partial charge in [0.1, 0.15) is 0 Å². The smallest absolute Gasteiger partial charge is 0.163 e. The molecule has 1 aliphatic rings. The van der Waals surface area contributed by atoms with E-state index < -0.39 is 0 Å². The Labute approximate surface area is 83.9 Å². The number of fused-ring (bicyclic) bond motifs is 1. The Morgan fingerprint density at radius 2 is 2.21 bits per heavy atom. The molecule has 0 aromatic heterocycles. The van der Waals surface area contributed by atoms with Crippen LogP contribution in [0.2, 0.25) is 0 Å². The molecule has 0 radical (unpaired) electrons. The van der Waals surface area contributed by atoms with Crippen LogP contribution in [-0.2, 0) is 17.8 Å². The van der Waals surface area contributed by atoms with E-state index in [1.54, 1.807) is 0 Å². The Morgan fingerprint density at radius 3 is 3.00 bits per heavy atom. The fourth-order valence-electron chi connectivity index (χ4n) is 1.82. The van der Waals surface area contributed by atoms with Crippen molar-refractivity contribution in [3.63, 3.8) is 0 Å². The average molecular weight is 190 g/mol.